The number of H-pyrrole nitrogens is 1. The second kappa shape index (κ2) is 3.83. The maximum Gasteiger partial charge on any atom is 0.152 e. The average molecular weight is 223 g/mol. The molecule has 0 aromatic carbocycles. The van der Waals surface area contributed by atoms with Crippen molar-refractivity contribution >= 4 is 17.3 Å². The Kier molecular flexibility index (Phi) is 2.19. The van der Waals surface area contributed by atoms with E-state index in [1.54, 1.807) is 12.4 Å². The zero-order valence-corrected chi connectivity index (χ0v) is 8.92. The number of nitrogens with zero attached hydrogens (tertiary/aromatic N) is 2. The van der Waals surface area contributed by atoms with Crippen molar-refractivity contribution in [3.05, 3.63) is 48.3 Å². The summed E-state index contributed by atoms with van der Waals surface area (Å²) in [4.78, 5) is 22.8. The van der Waals surface area contributed by atoms with E-state index in [1.807, 2.05) is 30.3 Å². The van der Waals surface area contributed by atoms with E-state index in [0.29, 0.717) is 16.9 Å². The van der Waals surface area contributed by atoms with Gasteiger partial charge in [-0.05, 0) is 24.3 Å². The summed E-state index contributed by atoms with van der Waals surface area (Å²) in [6.07, 6.45) is 4.23. The van der Waals surface area contributed by atoms with Crippen LogP contribution in [0.5, 0.6) is 0 Å². The molecule has 3 rings (SSSR count). The Hall–Kier alpha value is -2.49. The van der Waals surface area contributed by atoms with Crippen LogP contribution in [-0.4, -0.2) is 21.2 Å². The Labute approximate surface area is 97.3 Å². The van der Waals surface area contributed by atoms with Crippen molar-refractivity contribution < 1.29 is 4.79 Å². The second-order valence-corrected chi connectivity index (χ2v) is 3.65. The predicted molar refractivity (Wildman–Crippen MR) is 64.7 cm³/mol. The van der Waals surface area contributed by atoms with Gasteiger partial charge in [-0.15, -0.1) is 0 Å². The van der Waals surface area contributed by atoms with Crippen LogP contribution < -0.4 is 0 Å². The molecule has 3 aromatic rings. The van der Waals surface area contributed by atoms with Gasteiger partial charge in [0.15, 0.2) is 6.29 Å². The van der Waals surface area contributed by atoms with E-state index < -0.39 is 0 Å². The number of carbonyl (C=O) groups excluding carboxylic acids is 1. The van der Waals surface area contributed by atoms with E-state index in [0.717, 1.165) is 17.4 Å². The number of nitrogens with one attached hydrogen (secondary N) is 1. The summed E-state index contributed by atoms with van der Waals surface area (Å²) >= 11 is 0. The lowest BCUT2D eigenvalue weighted by Crippen LogP contribution is -1.86. The Bertz CT molecular complexity index is 673. The number of fused-ring (bicyclic) bond motifs is 1. The minimum absolute atomic E-state index is 0.604. The highest BCUT2D eigenvalue weighted by atomic mass is 16.1. The van der Waals surface area contributed by atoms with Gasteiger partial charge < -0.3 is 4.98 Å². The van der Waals surface area contributed by atoms with Crippen LogP contribution in [0.2, 0.25) is 0 Å². The van der Waals surface area contributed by atoms with Gasteiger partial charge in [0.1, 0.15) is 5.65 Å². The molecule has 3 aromatic heterocycles. The number of pyridine rings is 2. The first kappa shape index (κ1) is 9.72. The fourth-order valence-corrected chi connectivity index (χ4v) is 1.88. The lowest BCUT2D eigenvalue weighted by Gasteiger charge is -1.96. The summed E-state index contributed by atoms with van der Waals surface area (Å²) in [7, 11) is 0. The lowest BCUT2D eigenvalue weighted by molar-refractivity contribution is 0.112. The molecule has 0 atom stereocenters. The first-order chi connectivity index (χ1) is 8.40. The molecule has 17 heavy (non-hydrogen) atoms. The smallest absolute Gasteiger partial charge is 0.152 e. The van der Waals surface area contributed by atoms with Crippen LogP contribution in [0, 0.1) is 0 Å². The van der Waals surface area contributed by atoms with Crippen LogP contribution in [0.4, 0.5) is 0 Å². The van der Waals surface area contributed by atoms with E-state index >= 15 is 0 Å². The van der Waals surface area contributed by atoms with Gasteiger partial charge in [-0.25, -0.2) is 4.98 Å². The number of hydrogen-bond donors (Lipinski definition) is 1. The van der Waals surface area contributed by atoms with Crippen LogP contribution in [0.25, 0.3) is 22.4 Å². The fourth-order valence-electron chi connectivity index (χ4n) is 1.88. The monoisotopic (exact) mass is 223 g/mol. The van der Waals surface area contributed by atoms with Gasteiger partial charge in [-0.2, -0.15) is 0 Å². The quantitative estimate of drug-likeness (QED) is 0.679. The molecule has 0 spiro atoms. The topological polar surface area (TPSA) is 58.6 Å². The summed E-state index contributed by atoms with van der Waals surface area (Å²) in [5, 5.41) is 0.822. The number of rotatable bonds is 2. The van der Waals surface area contributed by atoms with Crippen LogP contribution >= 0.6 is 0 Å². The molecule has 4 heteroatoms. The van der Waals surface area contributed by atoms with Crippen molar-refractivity contribution in [1.29, 1.82) is 0 Å². The Morgan fingerprint density at radius 3 is 2.71 bits per heavy atom. The van der Waals surface area contributed by atoms with Gasteiger partial charge in [0.25, 0.3) is 0 Å². The van der Waals surface area contributed by atoms with Crippen molar-refractivity contribution in [2.75, 3.05) is 0 Å². The van der Waals surface area contributed by atoms with E-state index in [1.165, 1.54) is 0 Å². The minimum atomic E-state index is 0.604. The molecular formula is C13H9N3O. The predicted octanol–water partition coefficient (Wildman–Crippen LogP) is 2.44. The normalized spacial score (nSPS) is 10.6. The van der Waals surface area contributed by atoms with Crippen LogP contribution in [0.15, 0.2) is 42.7 Å². The molecule has 0 saturated heterocycles. The number of aromatic amines is 1. The number of aromatic nitrogens is 3. The van der Waals surface area contributed by atoms with Crippen molar-refractivity contribution in [3.63, 3.8) is 0 Å². The first-order valence-electron chi connectivity index (χ1n) is 5.23. The van der Waals surface area contributed by atoms with E-state index in [2.05, 4.69) is 15.0 Å². The van der Waals surface area contributed by atoms with Gasteiger partial charge in [0.2, 0.25) is 0 Å². The molecule has 0 amide bonds. The standard InChI is InChI=1S/C13H9N3O/c17-8-10-9-4-3-7-15-13(9)16-12(10)11-5-1-2-6-14-11/h1-8H,(H,15,16). The number of aldehydes is 1. The molecular weight excluding hydrogens is 214 g/mol. The third-order valence-corrected chi connectivity index (χ3v) is 2.65. The fraction of sp³-hybridized carbons (Fsp3) is 0. The lowest BCUT2D eigenvalue weighted by atomic mass is 10.1. The Morgan fingerprint density at radius 2 is 1.94 bits per heavy atom. The number of hydrogen-bond acceptors (Lipinski definition) is 3. The second-order valence-electron chi connectivity index (χ2n) is 3.65. The van der Waals surface area contributed by atoms with E-state index in [-0.39, 0.29) is 0 Å². The van der Waals surface area contributed by atoms with Crippen molar-refractivity contribution in [3.8, 4) is 11.4 Å². The van der Waals surface area contributed by atoms with Gasteiger partial charge in [0, 0.05) is 17.8 Å². The van der Waals surface area contributed by atoms with Crippen LogP contribution in [-0.2, 0) is 0 Å². The molecule has 0 fully saturated rings. The SMILES string of the molecule is O=Cc1c(-c2ccccn2)[nH]c2ncccc12. The third kappa shape index (κ3) is 1.50. The maximum absolute atomic E-state index is 11.2. The Morgan fingerprint density at radius 1 is 1.06 bits per heavy atom. The highest BCUT2D eigenvalue weighted by molar-refractivity contribution is 6.02. The van der Waals surface area contributed by atoms with Crippen molar-refractivity contribution in [1.82, 2.24) is 15.0 Å². The third-order valence-electron chi connectivity index (χ3n) is 2.65. The average Bonchev–Trinajstić information content (AvgIpc) is 2.78. The highest BCUT2D eigenvalue weighted by Crippen LogP contribution is 2.26. The molecule has 0 bridgehead atoms. The highest BCUT2D eigenvalue weighted by Gasteiger charge is 2.13. The molecule has 3 heterocycles. The molecule has 0 unspecified atom stereocenters. The summed E-state index contributed by atoms with van der Waals surface area (Å²) in [5.41, 5.74) is 2.77. The summed E-state index contributed by atoms with van der Waals surface area (Å²) in [6.45, 7) is 0. The minimum Gasteiger partial charge on any atom is -0.337 e. The zero-order valence-electron chi connectivity index (χ0n) is 8.92. The van der Waals surface area contributed by atoms with Crippen LogP contribution in [0.3, 0.4) is 0 Å². The molecule has 4 nitrogen and oxygen atoms in total. The molecule has 0 aliphatic heterocycles. The molecule has 0 radical (unpaired) electrons. The van der Waals surface area contributed by atoms with Crippen molar-refractivity contribution in [2.24, 2.45) is 0 Å². The molecule has 82 valence electrons. The summed E-state index contributed by atoms with van der Waals surface area (Å²) < 4.78 is 0. The maximum atomic E-state index is 11.2. The van der Waals surface area contributed by atoms with E-state index in [9.17, 15) is 4.79 Å². The zero-order chi connectivity index (χ0) is 11.7. The first-order valence-corrected chi connectivity index (χ1v) is 5.23. The molecule has 1 N–H and O–H groups in total. The summed E-state index contributed by atoms with van der Waals surface area (Å²) in [6, 6.07) is 9.26. The van der Waals surface area contributed by atoms with Crippen molar-refractivity contribution in [2.45, 2.75) is 0 Å². The van der Waals surface area contributed by atoms with Gasteiger partial charge >= 0.3 is 0 Å². The van der Waals surface area contributed by atoms with E-state index in [4.69, 9.17) is 0 Å². The van der Waals surface area contributed by atoms with Crippen LogP contribution in [0.1, 0.15) is 10.4 Å². The van der Waals surface area contributed by atoms with Gasteiger partial charge in [-0.1, -0.05) is 6.07 Å². The largest absolute Gasteiger partial charge is 0.337 e. The summed E-state index contributed by atoms with van der Waals surface area (Å²) in [5.74, 6) is 0. The number of carbonyl (C=O) groups is 1. The molecule has 0 aliphatic carbocycles. The molecule has 0 saturated carbocycles. The van der Waals surface area contributed by atoms with Gasteiger partial charge in [0.05, 0.1) is 17.0 Å². The van der Waals surface area contributed by atoms with Gasteiger partial charge in [-0.3, -0.25) is 9.78 Å². The Balaban J connectivity index is 2.33. The molecule has 0 aliphatic rings.